The van der Waals surface area contributed by atoms with E-state index in [1.54, 1.807) is 0 Å². The molecule has 5 aliphatic rings. The van der Waals surface area contributed by atoms with Gasteiger partial charge in [0.25, 0.3) is 0 Å². The Morgan fingerprint density at radius 1 is 0.969 bits per heavy atom. The third kappa shape index (κ3) is 2.39. The van der Waals surface area contributed by atoms with E-state index in [1.807, 2.05) is 6.92 Å². The number of allylic oxidation sites excluding steroid dienone is 1. The first kappa shape index (κ1) is 21.9. The summed E-state index contributed by atoms with van der Waals surface area (Å²) in [6.45, 7) is 11.7. The molecule has 1 heterocycles. The van der Waals surface area contributed by atoms with Gasteiger partial charge in [-0.1, -0.05) is 13.8 Å². The van der Waals surface area contributed by atoms with Crippen molar-refractivity contribution in [2.45, 2.75) is 103 Å². The van der Waals surface area contributed by atoms with Gasteiger partial charge in [0.15, 0.2) is 11.4 Å². The van der Waals surface area contributed by atoms with Crippen molar-refractivity contribution in [1.29, 1.82) is 5.26 Å². The van der Waals surface area contributed by atoms with Crippen LogP contribution < -0.4 is 0 Å². The van der Waals surface area contributed by atoms with Gasteiger partial charge in [-0.05, 0) is 76.5 Å². The van der Waals surface area contributed by atoms with Gasteiger partial charge in [-0.15, -0.1) is 0 Å². The number of hydrogen-bond donors (Lipinski definition) is 0. The van der Waals surface area contributed by atoms with Gasteiger partial charge in [-0.2, -0.15) is 5.26 Å². The molecule has 5 rings (SSSR count). The number of esters is 2. The summed E-state index contributed by atoms with van der Waals surface area (Å²) in [6.07, 6.45) is 6.58. The second kappa shape index (κ2) is 6.38. The Morgan fingerprint density at radius 2 is 1.62 bits per heavy atom. The molecule has 0 aromatic heterocycles. The quantitative estimate of drug-likeness (QED) is 0.451. The Labute approximate surface area is 190 Å². The van der Waals surface area contributed by atoms with E-state index in [-0.39, 0.29) is 22.4 Å². The number of hydrogen-bond acceptors (Lipinski definition) is 6. The van der Waals surface area contributed by atoms with Crippen LogP contribution in [0.15, 0.2) is 11.3 Å². The Morgan fingerprint density at radius 3 is 2.25 bits per heavy atom. The number of nitrogens with zero attached hydrogens (tertiary/aromatic N) is 1. The van der Waals surface area contributed by atoms with Crippen LogP contribution in [0, 0.1) is 39.9 Å². The van der Waals surface area contributed by atoms with Gasteiger partial charge in [0.2, 0.25) is 0 Å². The predicted octanol–water partition coefficient (Wildman–Crippen LogP) is 4.82. The monoisotopic (exact) mass is 441 g/mol. The molecule has 4 aliphatic carbocycles. The van der Waals surface area contributed by atoms with Crippen LogP contribution in [0.5, 0.6) is 0 Å². The molecule has 0 N–H and O–H groups in total. The lowest BCUT2D eigenvalue weighted by atomic mass is 9.43. The summed E-state index contributed by atoms with van der Waals surface area (Å²) in [4.78, 5) is 23.7. The van der Waals surface area contributed by atoms with Crippen LogP contribution in [-0.4, -0.2) is 28.7 Å². The fourth-order valence-electron chi connectivity index (χ4n) is 9.05. The molecule has 174 valence electrons. The molecule has 0 aromatic carbocycles. The zero-order valence-electron chi connectivity index (χ0n) is 20.2. The lowest BCUT2D eigenvalue weighted by Crippen LogP contribution is -2.60. The van der Waals surface area contributed by atoms with Gasteiger partial charge in [-0.3, -0.25) is 9.59 Å². The van der Waals surface area contributed by atoms with Gasteiger partial charge in [0, 0.05) is 24.7 Å². The Balaban J connectivity index is 1.52. The number of carbonyl (C=O) groups excluding carboxylic acids is 2. The first-order chi connectivity index (χ1) is 14.9. The molecule has 6 nitrogen and oxygen atoms in total. The maximum Gasteiger partial charge on any atom is 0.307 e. The van der Waals surface area contributed by atoms with Crippen molar-refractivity contribution in [3.63, 3.8) is 0 Å². The van der Waals surface area contributed by atoms with Gasteiger partial charge in [-0.25, -0.2) is 0 Å². The molecular weight excluding hydrogens is 406 g/mol. The highest BCUT2D eigenvalue weighted by Crippen LogP contribution is 2.77. The van der Waals surface area contributed by atoms with E-state index >= 15 is 0 Å². The van der Waals surface area contributed by atoms with Gasteiger partial charge >= 0.3 is 11.9 Å². The number of fused-ring (bicyclic) bond motifs is 4. The van der Waals surface area contributed by atoms with Crippen LogP contribution in [0.2, 0.25) is 0 Å². The van der Waals surface area contributed by atoms with Gasteiger partial charge < -0.3 is 14.2 Å². The Bertz CT molecular complexity index is 981. The normalized spacial score (nSPS) is 50.8. The summed E-state index contributed by atoms with van der Waals surface area (Å²) < 4.78 is 18.0. The molecule has 6 heteroatoms. The summed E-state index contributed by atoms with van der Waals surface area (Å²) in [5, 5.41) is 9.96. The standard InChI is InChI=1S/C26H35NO5/c1-15(28)30-21-17(14-27)13-23(4)20-8-10-22(3)19(9-11-24(22,5)31-16(2)29)18(20)7-12-26(23)25(21,6)32-26/h18-20H,7-13H2,1-6H3/t18-,19-,20-,22-,23+,24+,25+,26-/m0/s1. The molecule has 0 amide bonds. The molecule has 0 aromatic rings. The van der Waals surface area contributed by atoms with Crippen molar-refractivity contribution in [3.8, 4) is 6.07 Å². The van der Waals surface area contributed by atoms with Crippen LogP contribution in [0.25, 0.3) is 0 Å². The zero-order valence-corrected chi connectivity index (χ0v) is 20.2. The summed E-state index contributed by atoms with van der Waals surface area (Å²) in [5.41, 5.74) is -1.14. The molecule has 32 heavy (non-hydrogen) atoms. The number of rotatable bonds is 2. The van der Waals surface area contributed by atoms with Gasteiger partial charge in [0.05, 0.1) is 11.6 Å². The van der Waals surface area contributed by atoms with Crippen LogP contribution in [0.3, 0.4) is 0 Å². The number of carbonyl (C=O) groups is 2. The maximum absolute atomic E-state index is 11.9. The number of ether oxygens (including phenoxy) is 3. The average molecular weight is 442 g/mol. The first-order valence-electron chi connectivity index (χ1n) is 12.1. The number of epoxide rings is 1. The second-order valence-corrected chi connectivity index (χ2v) is 11.8. The highest BCUT2D eigenvalue weighted by Gasteiger charge is 2.83. The molecular formula is C26H35NO5. The first-order valence-corrected chi connectivity index (χ1v) is 12.1. The van der Waals surface area contributed by atoms with E-state index in [0.717, 1.165) is 38.5 Å². The molecule has 1 spiro atoms. The third-order valence-electron chi connectivity index (χ3n) is 10.6. The number of nitriles is 1. The zero-order chi connectivity index (χ0) is 23.3. The fourth-order valence-corrected chi connectivity index (χ4v) is 9.05. The highest BCUT2D eigenvalue weighted by atomic mass is 16.7. The Kier molecular flexibility index (Phi) is 4.37. The van der Waals surface area contributed by atoms with Crippen LogP contribution in [-0.2, 0) is 23.8 Å². The smallest absolute Gasteiger partial charge is 0.307 e. The summed E-state index contributed by atoms with van der Waals surface area (Å²) in [5.74, 6) is 1.29. The van der Waals surface area contributed by atoms with Crippen molar-refractivity contribution >= 4 is 11.9 Å². The van der Waals surface area contributed by atoms with Crippen molar-refractivity contribution in [1.82, 2.24) is 0 Å². The fraction of sp³-hybridized carbons (Fsp3) is 0.808. The van der Waals surface area contributed by atoms with Crippen LogP contribution in [0.1, 0.15) is 86.5 Å². The largest absolute Gasteiger partial charge is 0.459 e. The molecule has 4 fully saturated rings. The van der Waals surface area contributed by atoms with E-state index in [9.17, 15) is 14.9 Å². The van der Waals surface area contributed by atoms with Crippen molar-refractivity contribution in [2.75, 3.05) is 0 Å². The molecule has 0 radical (unpaired) electrons. The van der Waals surface area contributed by atoms with E-state index < -0.39 is 17.2 Å². The molecule has 1 saturated heterocycles. The van der Waals surface area contributed by atoms with Crippen molar-refractivity contribution in [3.05, 3.63) is 11.3 Å². The van der Waals surface area contributed by atoms with Crippen LogP contribution >= 0.6 is 0 Å². The van der Waals surface area contributed by atoms with Gasteiger partial charge in [0.1, 0.15) is 11.2 Å². The minimum atomic E-state index is -0.704. The molecule has 3 saturated carbocycles. The minimum absolute atomic E-state index is 0.0279. The maximum atomic E-state index is 11.9. The summed E-state index contributed by atoms with van der Waals surface area (Å²) >= 11 is 0. The topological polar surface area (TPSA) is 88.9 Å². The summed E-state index contributed by atoms with van der Waals surface area (Å²) in [7, 11) is 0. The SMILES string of the molecule is CC(=O)OC1=C(C#N)C[C@]2(C)[C@H]3CC[C@@]4(C)[C@@H](CC[C@@]4(C)OC(C)=O)[C@@H]3CC[C@]23O[C@]13C. The molecule has 0 bridgehead atoms. The highest BCUT2D eigenvalue weighted by molar-refractivity contribution is 5.69. The third-order valence-corrected chi connectivity index (χ3v) is 10.6. The molecule has 1 aliphatic heterocycles. The summed E-state index contributed by atoms with van der Waals surface area (Å²) in [6, 6.07) is 2.35. The predicted molar refractivity (Wildman–Crippen MR) is 116 cm³/mol. The Hall–Kier alpha value is -1.87. The van der Waals surface area contributed by atoms with Crippen LogP contribution in [0.4, 0.5) is 0 Å². The molecule has 8 atom stereocenters. The molecule has 0 unspecified atom stereocenters. The lowest BCUT2D eigenvalue weighted by Gasteiger charge is -2.60. The van der Waals surface area contributed by atoms with E-state index in [2.05, 4.69) is 26.8 Å². The van der Waals surface area contributed by atoms with E-state index in [1.165, 1.54) is 13.8 Å². The van der Waals surface area contributed by atoms with E-state index in [0.29, 0.717) is 35.5 Å². The second-order valence-electron chi connectivity index (χ2n) is 11.8. The minimum Gasteiger partial charge on any atom is -0.459 e. The average Bonchev–Trinajstić information content (AvgIpc) is 3.25. The van der Waals surface area contributed by atoms with Crippen molar-refractivity contribution in [2.24, 2.45) is 28.6 Å². The van der Waals surface area contributed by atoms with E-state index in [4.69, 9.17) is 14.2 Å². The van der Waals surface area contributed by atoms with Crippen molar-refractivity contribution < 1.29 is 23.8 Å². The lowest BCUT2D eigenvalue weighted by molar-refractivity contribution is -0.182.